The van der Waals surface area contributed by atoms with Crippen LogP contribution in [0.25, 0.3) is 0 Å². The standard InChI is InChI=1S/C12H14BrClFNO/c1-2-9(14)5-6-16-12(17)8-3-4-10(13)11(15)7-8/h3-4,7,9H,2,5-6H2,1H3,(H,16,17). The highest BCUT2D eigenvalue weighted by atomic mass is 79.9. The SMILES string of the molecule is CCC(Cl)CCNC(=O)c1ccc(Br)c(F)c1. The predicted octanol–water partition coefficient (Wildman–Crippen LogP) is 3.73. The number of halogens is 3. The van der Waals surface area contributed by atoms with E-state index < -0.39 is 5.82 Å². The first kappa shape index (κ1) is 14.5. The Morgan fingerprint density at radius 1 is 1.59 bits per heavy atom. The van der Waals surface area contributed by atoms with E-state index in [1.807, 2.05) is 6.92 Å². The molecular weight excluding hydrogens is 308 g/mol. The summed E-state index contributed by atoms with van der Waals surface area (Å²) in [5, 5.41) is 2.77. The van der Waals surface area contributed by atoms with E-state index in [1.165, 1.54) is 12.1 Å². The van der Waals surface area contributed by atoms with Crippen LogP contribution in [0.15, 0.2) is 22.7 Å². The molecule has 94 valence electrons. The Hall–Kier alpha value is -0.610. The number of alkyl halides is 1. The van der Waals surface area contributed by atoms with Gasteiger partial charge in [-0.05, 0) is 47.0 Å². The van der Waals surface area contributed by atoms with E-state index >= 15 is 0 Å². The van der Waals surface area contributed by atoms with E-state index in [4.69, 9.17) is 11.6 Å². The quantitative estimate of drug-likeness (QED) is 0.822. The van der Waals surface area contributed by atoms with E-state index in [2.05, 4.69) is 21.2 Å². The van der Waals surface area contributed by atoms with Crippen LogP contribution >= 0.6 is 27.5 Å². The van der Waals surface area contributed by atoms with Crippen molar-refractivity contribution in [2.24, 2.45) is 0 Å². The minimum absolute atomic E-state index is 0.0666. The molecule has 0 saturated carbocycles. The molecule has 1 amide bonds. The molecule has 0 fully saturated rings. The summed E-state index contributed by atoms with van der Waals surface area (Å²) in [6.45, 7) is 2.49. The molecule has 0 bridgehead atoms. The van der Waals surface area contributed by atoms with Gasteiger partial charge in [-0.1, -0.05) is 6.92 Å². The zero-order valence-corrected chi connectivity index (χ0v) is 11.8. The third kappa shape index (κ3) is 4.64. The molecule has 1 N–H and O–H groups in total. The Balaban J connectivity index is 2.50. The summed E-state index contributed by atoms with van der Waals surface area (Å²) < 4.78 is 13.5. The Morgan fingerprint density at radius 2 is 2.29 bits per heavy atom. The monoisotopic (exact) mass is 321 g/mol. The van der Waals surface area contributed by atoms with Crippen molar-refractivity contribution < 1.29 is 9.18 Å². The van der Waals surface area contributed by atoms with Gasteiger partial charge in [-0.15, -0.1) is 11.6 Å². The van der Waals surface area contributed by atoms with Crippen LogP contribution in [0.2, 0.25) is 0 Å². The largest absolute Gasteiger partial charge is 0.352 e. The fourth-order valence-electron chi connectivity index (χ4n) is 1.29. The van der Waals surface area contributed by atoms with Crippen LogP contribution in [0.1, 0.15) is 30.1 Å². The van der Waals surface area contributed by atoms with Crippen molar-refractivity contribution >= 4 is 33.4 Å². The van der Waals surface area contributed by atoms with Crippen LogP contribution in [0.5, 0.6) is 0 Å². The van der Waals surface area contributed by atoms with Gasteiger partial charge in [0.25, 0.3) is 5.91 Å². The lowest BCUT2D eigenvalue weighted by molar-refractivity contribution is 0.0952. The van der Waals surface area contributed by atoms with Crippen LogP contribution in [0.3, 0.4) is 0 Å². The average molecular weight is 323 g/mol. The molecular formula is C12H14BrClFNO. The number of hydrogen-bond acceptors (Lipinski definition) is 1. The maximum Gasteiger partial charge on any atom is 0.251 e. The molecule has 1 aromatic rings. The van der Waals surface area contributed by atoms with Crippen molar-refractivity contribution in [1.29, 1.82) is 0 Å². The molecule has 5 heteroatoms. The van der Waals surface area contributed by atoms with Crippen molar-refractivity contribution in [3.8, 4) is 0 Å². The number of amides is 1. The summed E-state index contributed by atoms with van der Waals surface area (Å²) in [7, 11) is 0. The number of rotatable bonds is 5. The number of benzene rings is 1. The Labute approximate surface area is 114 Å². The number of nitrogens with one attached hydrogen (secondary N) is 1. The summed E-state index contributed by atoms with van der Waals surface area (Å²) >= 11 is 8.96. The molecule has 1 aromatic carbocycles. The smallest absolute Gasteiger partial charge is 0.251 e. The van der Waals surface area contributed by atoms with Crippen molar-refractivity contribution in [3.05, 3.63) is 34.1 Å². The molecule has 0 aromatic heterocycles. The molecule has 0 aliphatic heterocycles. The zero-order valence-electron chi connectivity index (χ0n) is 9.47. The lowest BCUT2D eigenvalue weighted by atomic mass is 10.2. The molecule has 0 aliphatic rings. The van der Waals surface area contributed by atoms with Crippen molar-refractivity contribution in [3.63, 3.8) is 0 Å². The van der Waals surface area contributed by atoms with Gasteiger partial charge in [0.15, 0.2) is 0 Å². The lowest BCUT2D eigenvalue weighted by Crippen LogP contribution is -2.26. The molecule has 0 spiro atoms. The maximum absolute atomic E-state index is 13.2. The van der Waals surface area contributed by atoms with E-state index in [9.17, 15) is 9.18 Å². The minimum Gasteiger partial charge on any atom is -0.352 e. The van der Waals surface area contributed by atoms with Gasteiger partial charge in [0, 0.05) is 17.5 Å². The summed E-state index contributed by atoms with van der Waals surface area (Å²) in [5.41, 5.74) is 0.313. The van der Waals surface area contributed by atoms with E-state index in [1.54, 1.807) is 6.07 Å². The van der Waals surface area contributed by atoms with Gasteiger partial charge in [0.1, 0.15) is 5.82 Å². The normalized spacial score (nSPS) is 12.2. The van der Waals surface area contributed by atoms with Crippen LogP contribution in [0.4, 0.5) is 4.39 Å². The van der Waals surface area contributed by atoms with Crippen LogP contribution in [-0.2, 0) is 0 Å². The third-order valence-electron chi connectivity index (χ3n) is 2.37. The van der Waals surface area contributed by atoms with Gasteiger partial charge in [0.2, 0.25) is 0 Å². The molecule has 0 heterocycles. The Bertz CT molecular complexity index is 400. The average Bonchev–Trinajstić information content (AvgIpc) is 2.32. The summed E-state index contributed by atoms with van der Waals surface area (Å²) in [4.78, 5) is 11.6. The van der Waals surface area contributed by atoms with Gasteiger partial charge >= 0.3 is 0 Å². The van der Waals surface area contributed by atoms with Gasteiger partial charge in [-0.25, -0.2) is 4.39 Å². The maximum atomic E-state index is 13.2. The van der Waals surface area contributed by atoms with Gasteiger partial charge in [0.05, 0.1) is 4.47 Å². The summed E-state index contributed by atoms with van der Waals surface area (Å²) in [5.74, 6) is -0.724. The van der Waals surface area contributed by atoms with Crippen molar-refractivity contribution in [2.45, 2.75) is 25.1 Å². The fraction of sp³-hybridized carbons (Fsp3) is 0.417. The highest BCUT2D eigenvalue weighted by Gasteiger charge is 2.09. The topological polar surface area (TPSA) is 29.1 Å². The van der Waals surface area contributed by atoms with Crippen LogP contribution in [0, 0.1) is 5.82 Å². The molecule has 0 radical (unpaired) electrons. The Kier molecular flexibility index (Phi) is 5.92. The minimum atomic E-state index is -0.443. The molecule has 0 saturated heterocycles. The first-order valence-electron chi connectivity index (χ1n) is 5.42. The van der Waals surface area contributed by atoms with Crippen molar-refractivity contribution in [1.82, 2.24) is 5.32 Å². The van der Waals surface area contributed by atoms with Gasteiger partial charge in [-0.3, -0.25) is 4.79 Å². The molecule has 1 rings (SSSR count). The number of hydrogen-bond donors (Lipinski definition) is 1. The molecule has 0 aliphatic carbocycles. The lowest BCUT2D eigenvalue weighted by Gasteiger charge is -2.08. The molecule has 17 heavy (non-hydrogen) atoms. The van der Waals surface area contributed by atoms with E-state index in [0.717, 1.165) is 6.42 Å². The number of carbonyl (C=O) groups excluding carboxylic acids is 1. The van der Waals surface area contributed by atoms with Gasteiger partial charge < -0.3 is 5.32 Å². The number of carbonyl (C=O) groups is 1. The molecule has 1 unspecified atom stereocenters. The second kappa shape index (κ2) is 6.97. The summed E-state index contributed by atoms with van der Waals surface area (Å²) in [6.07, 6.45) is 1.58. The van der Waals surface area contributed by atoms with Crippen LogP contribution < -0.4 is 5.32 Å². The first-order valence-corrected chi connectivity index (χ1v) is 6.64. The van der Waals surface area contributed by atoms with E-state index in [-0.39, 0.29) is 11.3 Å². The zero-order chi connectivity index (χ0) is 12.8. The highest BCUT2D eigenvalue weighted by Crippen LogP contribution is 2.16. The van der Waals surface area contributed by atoms with E-state index in [0.29, 0.717) is 23.0 Å². The second-order valence-corrected chi connectivity index (χ2v) is 5.15. The first-order chi connectivity index (χ1) is 8.04. The third-order valence-corrected chi connectivity index (χ3v) is 3.54. The summed E-state index contributed by atoms with van der Waals surface area (Å²) in [6, 6.07) is 4.29. The predicted molar refractivity (Wildman–Crippen MR) is 71.0 cm³/mol. The van der Waals surface area contributed by atoms with Gasteiger partial charge in [-0.2, -0.15) is 0 Å². The highest BCUT2D eigenvalue weighted by molar-refractivity contribution is 9.10. The molecule has 2 nitrogen and oxygen atoms in total. The van der Waals surface area contributed by atoms with Crippen LogP contribution in [-0.4, -0.2) is 17.8 Å². The van der Waals surface area contributed by atoms with Crippen molar-refractivity contribution in [2.75, 3.05) is 6.54 Å². The second-order valence-electron chi connectivity index (χ2n) is 3.68. The Morgan fingerprint density at radius 3 is 2.88 bits per heavy atom. The fourth-order valence-corrected chi connectivity index (χ4v) is 1.64. The molecule has 1 atom stereocenters.